The van der Waals surface area contributed by atoms with Gasteiger partial charge in [-0.3, -0.25) is 4.79 Å². The van der Waals surface area contributed by atoms with Crippen LogP contribution in [0.25, 0.3) is 6.08 Å². The summed E-state index contributed by atoms with van der Waals surface area (Å²) in [5.41, 5.74) is 0.823. The third-order valence-electron chi connectivity index (χ3n) is 2.31. The molecule has 0 radical (unpaired) electrons. The third-order valence-corrected chi connectivity index (χ3v) is 3.29. The fourth-order valence-corrected chi connectivity index (χ4v) is 2.09. The molecule has 2 N–H and O–H groups in total. The molecule has 0 aliphatic rings. The predicted octanol–water partition coefficient (Wildman–Crippen LogP) is 2.20. The Labute approximate surface area is 109 Å². The molecule has 0 fully saturated rings. The molecule has 2 heterocycles. The Kier molecular flexibility index (Phi) is 4.33. The minimum absolute atomic E-state index is 0.203. The van der Waals surface area contributed by atoms with Crippen molar-refractivity contribution < 1.29 is 14.3 Å². The molecule has 1 atom stereocenters. The Morgan fingerprint density at radius 2 is 2.44 bits per heavy atom. The third kappa shape index (κ3) is 3.58. The van der Waals surface area contributed by atoms with E-state index in [-0.39, 0.29) is 12.5 Å². The smallest absolute Gasteiger partial charge is 0.244 e. The first-order valence-corrected chi connectivity index (χ1v) is 6.33. The Hall–Kier alpha value is -1.85. The summed E-state index contributed by atoms with van der Waals surface area (Å²) in [6.07, 6.45) is 5.49. The van der Waals surface area contributed by atoms with Crippen molar-refractivity contribution in [2.75, 3.05) is 6.54 Å². The summed E-state index contributed by atoms with van der Waals surface area (Å²) in [5.74, 6) is -0.244. The van der Waals surface area contributed by atoms with Crippen molar-refractivity contribution in [2.24, 2.45) is 0 Å². The SMILES string of the molecule is O=C(/C=C/c1ccoc1)NCC(O)c1cccs1. The van der Waals surface area contributed by atoms with Gasteiger partial charge in [0.1, 0.15) is 6.10 Å². The summed E-state index contributed by atoms with van der Waals surface area (Å²) in [7, 11) is 0. The van der Waals surface area contributed by atoms with Crippen molar-refractivity contribution in [3.05, 3.63) is 52.6 Å². The van der Waals surface area contributed by atoms with Crippen LogP contribution in [0.5, 0.6) is 0 Å². The van der Waals surface area contributed by atoms with Gasteiger partial charge in [-0.25, -0.2) is 0 Å². The lowest BCUT2D eigenvalue weighted by Crippen LogP contribution is -2.26. The van der Waals surface area contributed by atoms with Gasteiger partial charge in [0.2, 0.25) is 5.91 Å². The van der Waals surface area contributed by atoms with E-state index in [1.54, 1.807) is 18.4 Å². The molecule has 0 saturated heterocycles. The normalized spacial score (nSPS) is 12.7. The molecule has 1 unspecified atom stereocenters. The van der Waals surface area contributed by atoms with Crippen LogP contribution < -0.4 is 5.32 Å². The molecule has 2 aromatic rings. The minimum atomic E-state index is -0.656. The molecule has 0 aliphatic heterocycles. The molecular formula is C13H13NO3S. The second-order valence-corrected chi connectivity index (χ2v) is 4.65. The number of carbonyl (C=O) groups is 1. The van der Waals surface area contributed by atoms with Gasteiger partial charge in [0.05, 0.1) is 12.5 Å². The summed E-state index contributed by atoms with van der Waals surface area (Å²) in [5, 5.41) is 14.3. The van der Waals surface area contributed by atoms with Gasteiger partial charge in [-0.15, -0.1) is 11.3 Å². The lowest BCUT2D eigenvalue weighted by molar-refractivity contribution is -0.116. The first kappa shape index (κ1) is 12.6. The Morgan fingerprint density at radius 1 is 1.56 bits per heavy atom. The van der Waals surface area contributed by atoms with Crippen molar-refractivity contribution in [1.82, 2.24) is 5.32 Å². The second-order valence-electron chi connectivity index (χ2n) is 3.67. The molecular weight excluding hydrogens is 250 g/mol. The maximum atomic E-state index is 11.5. The lowest BCUT2D eigenvalue weighted by atomic mass is 10.3. The molecule has 0 spiro atoms. The molecule has 18 heavy (non-hydrogen) atoms. The molecule has 0 bridgehead atoms. The number of thiophene rings is 1. The van der Waals surface area contributed by atoms with E-state index < -0.39 is 6.10 Å². The molecule has 0 saturated carbocycles. The molecule has 4 nitrogen and oxygen atoms in total. The average Bonchev–Trinajstić information content (AvgIpc) is 3.05. The number of hydrogen-bond donors (Lipinski definition) is 2. The number of carbonyl (C=O) groups excluding carboxylic acids is 1. The standard InChI is InChI=1S/C13H13NO3S/c15-11(12-2-1-7-18-12)8-14-13(16)4-3-10-5-6-17-9-10/h1-7,9,11,15H,8H2,(H,14,16)/b4-3+. The monoisotopic (exact) mass is 263 g/mol. The summed E-state index contributed by atoms with van der Waals surface area (Å²) in [6.45, 7) is 0.203. The Morgan fingerprint density at radius 3 is 3.11 bits per heavy atom. The van der Waals surface area contributed by atoms with Crippen LogP contribution in [-0.2, 0) is 4.79 Å². The van der Waals surface area contributed by atoms with Crippen LogP contribution in [0.4, 0.5) is 0 Å². The van der Waals surface area contributed by atoms with Crippen LogP contribution in [0.15, 0.2) is 46.6 Å². The number of hydrogen-bond acceptors (Lipinski definition) is 4. The van der Waals surface area contributed by atoms with E-state index in [0.717, 1.165) is 10.4 Å². The maximum absolute atomic E-state index is 11.5. The number of amides is 1. The van der Waals surface area contributed by atoms with Gasteiger partial charge >= 0.3 is 0 Å². The quantitative estimate of drug-likeness (QED) is 0.813. The second kappa shape index (κ2) is 6.18. The lowest BCUT2D eigenvalue weighted by Gasteiger charge is -2.08. The molecule has 2 aromatic heterocycles. The number of aliphatic hydroxyl groups excluding tert-OH is 1. The summed E-state index contributed by atoms with van der Waals surface area (Å²) >= 11 is 1.46. The predicted molar refractivity (Wildman–Crippen MR) is 70.0 cm³/mol. The summed E-state index contributed by atoms with van der Waals surface area (Å²) < 4.78 is 4.87. The average molecular weight is 263 g/mol. The molecule has 94 valence electrons. The van der Waals surface area contributed by atoms with Crippen LogP contribution in [0.1, 0.15) is 16.5 Å². The van der Waals surface area contributed by atoms with Crippen molar-refractivity contribution in [3.8, 4) is 0 Å². The van der Waals surface area contributed by atoms with Crippen molar-refractivity contribution in [3.63, 3.8) is 0 Å². The highest BCUT2D eigenvalue weighted by molar-refractivity contribution is 7.10. The number of furan rings is 1. The zero-order valence-corrected chi connectivity index (χ0v) is 10.4. The van der Waals surface area contributed by atoms with E-state index in [4.69, 9.17) is 4.42 Å². The van der Waals surface area contributed by atoms with E-state index in [2.05, 4.69) is 5.32 Å². The van der Waals surface area contributed by atoms with Crippen molar-refractivity contribution >= 4 is 23.3 Å². The van der Waals surface area contributed by atoms with E-state index in [1.807, 2.05) is 17.5 Å². The number of nitrogens with one attached hydrogen (secondary N) is 1. The minimum Gasteiger partial charge on any atom is -0.472 e. The topological polar surface area (TPSA) is 62.5 Å². The zero-order valence-electron chi connectivity index (χ0n) is 9.58. The fraction of sp³-hybridized carbons (Fsp3) is 0.154. The molecule has 0 aliphatic carbocycles. The highest BCUT2D eigenvalue weighted by Crippen LogP contribution is 2.17. The Bertz CT molecular complexity index is 502. The van der Waals surface area contributed by atoms with Gasteiger partial charge in [-0.05, 0) is 23.6 Å². The van der Waals surface area contributed by atoms with Gasteiger partial charge in [-0.2, -0.15) is 0 Å². The molecule has 5 heteroatoms. The highest BCUT2D eigenvalue weighted by atomic mass is 32.1. The van der Waals surface area contributed by atoms with Gasteiger partial charge in [0.25, 0.3) is 0 Å². The van der Waals surface area contributed by atoms with Crippen LogP contribution in [0.3, 0.4) is 0 Å². The summed E-state index contributed by atoms with van der Waals surface area (Å²) in [4.78, 5) is 12.3. The largest absolute Gasteiger partial charge is 0.472 e. The van der Waals surface area contributed by atoms with Gasteiger partial charge in [0.15, 0.2) is 0 Å². The van der Waals surface area contributed by atoms with Crippen molar-refractivity contribution in [1.29, 1.82) is 0 Å². The molecule has 0 aromatic carbocycles. The summed E-state index contributed by atoms with van der Waals surface area (Å²) in [6, 6.07) is 5.46. The van der Waals surface area contributed by atoms with Crippen LogP contribution >= 0.6 is 11.3 Å². The van der Waals surface area contributed by atoms with Crippen LogP contribution in [-0.4, -0.2) is 17.6 Å². The molecule has 1 amide bonds. The van der Waals surface area contributed by atoms with Crippen molar-refractivity contribution in [2.45, 2.75) is 6.10 Å². The first-order chi connectivity index (χ1) is 8.75. The van der Waals surface area contributed by atoms with Crippen LogP contribution in [0.2, 0.25) is 0 Å². The van der Waals surface area contributed by atoms with Crippen LogP contribution in [0, 0.1) is 0 Å². The van der Waals surface area contributed by atoms with Gasteiger partial charge in [-0.1, -0.05) is 6.07 Å². The van der Waals surface area contributed by atoms with E-state index in [1.165, 1.54) is 23.7 Å². The number of rotatable bonds is 5. The van der Waals surface area contributed by atoms with Gasteiger partial charge < -0.3 is 14.8 Å². The first-order valence-electron chi connectivity index (χ1n) is 5.45. The van der Waals surface area contributed by atoms with E-state index in [9.17, 15) is 9.90 Å². The van der Waals surface area contributed by atoms with E-state index in [0.29, 0.717) is 0 Å². The molecule has 2 rings (SSSR count). The van der Waals surface area contributed by atoms with E-state index >= 15 is 0 Å². The number of aliphatic hydroxyl groups is 1. The maximum Gasteiger partial charge on any atom is 0.244 e. The zero-order chi connectivity index (χ0) is 12.8. The highest BCUT2D eigenvalue weighted by Gasteiger charge is 2.08. The fourth-order valence-electron chi connectivity index (χ4n) is 1.38. The van der Waals surface area contributed by atoms with Gasteiger partial charge in [0, 0.05) is 23.1 Å². The Balaban J connectivity index is 1.78.